The Morgan fingerprint density at radius 1 is 1.69 bits per heavy atom. The van der Waals surface area contributed by atoms with Crippen LogP contribution in [0.4, 0.5) is 0 Å². The Bertz CT molecular complexity index is 349. The molecule has 1 heterocycles. The van der Waals surface area contributed by atoms with Crippen LogP contribution in [0.5, 0.6) is 0 Å². The molecule has 0 spiro atoms. The van der Waals surface area contributed by atoms with Gasteiger partial charge < -0.3 is 15.5 Å². The molecule has 1 aromatic heterocycles. The van der Waals surface area contributed by atoms with E-state index in [2.05, 4.69) is 5.32 Å². The third-order valence-electron chi connectivity index (χ3n) is 2.27. The average Bonchev–Trinajstić information content (AvgIpc) is 2.75. The first-order valence-corrected chi connectivity index (χ1v) is 5.65. The smallest absolute Gasteiger partial charge is 0.221 e. The van der Waals surface area contributed by atoms with Gasteiger partial charge in [0.2, 0.25) is 5.91 Å². The Labute approximate surface area is 100 Å². The monoisotopic (exact) mass is 240 g/mol. The minimum atomic E-state index is -0.209. The summed E-state index contributed by atoms with van der Waals surface area (Å²) in [7, 11) is 0. The van der Waals surface area contributed by atoms with E-state index in [1.54, 1.807) is 12.3 Å². The van der Waals surface area contributed by atoms with Crippen LogP contribution in [0.25, 0.3) is 0 Å². The molecule has 5 heteroatoms. The van der Waals surface area contributed by atoms with Gasteiger partial charge in [-0.1, -0.05) is 19.1 Å². The van der Waals surface area contributed by atoms with Crippen molar-refractivity contribution in [2.45, 2.75) is 32.2 Å². The summed E-state index contributed by atoms with van der Waals surface area (Å²) in [6, 6.07) is 3.44. The van der Waals surface area contributed by atoms with Gasteiger partial charge in [0.25, 0.3) is 0 Å². The Balaban J connectivity index is 2.33. The van der Waals surface area contributed by atoms with Crippen LogP contribution in [0.3, 0.4) is 0 Å². The molecule has 1 unspecified atom stereocenters. The zero-order valence-electron chi connectivity index (χ0n) is 9.23. The van der Waals surface area contributed by atoms with Gasteiger partial charge in [0.1, 0.15) is 5.76 Å². The third kappa shape index (κ3) is 4.02. The van der Waals surface area contributed by atoms with E-state index in [-0.39, 0.29) is 11.9 Å². The van der Waals surface area contributed by atoms with Gasteiger partial charge >= 0.3 is 0 Å². The van der Waals surface area contributed by atoms with Gasteiger partial charge in [-0.25, -0.2) is 0 Å². The van der Waals surface area contributed by atoms with Crippen molar-refractivity contribution in [3.8, 4) is 0 Å². The summed E-state index contributed by atoms with van der Waals surface area (Å²) in [4.78, 5) is 11.9. The van der Waals surface area contributed by atoms with Crippen LogP contribution in [0.15, 0.2) is 22.8 Å². The maximum atomic E-state index is 11.5. The Morgan fingerprint density at radius 2 is 2.44 bits per heavy atom. The van der Waals surface area contributed by atoms with Crippen molar-refractivity contribution >= 4 is 23.1 Å². The fraction of sp³-hybridized carbons (Fsp3) is 0.455. The second-order valence-electron chi connectivity index (χ2n) is 3.51. The van der Waals surface area contributed by atoms with E-state index in [4.69, 9.17) is 22.4 Å². The summed E-state index contributed by atoms with van der Waals surface area (Å²) in [6.45, 7) is 1.93. The molecule has 0 saturated heterocycles. The van der Waals surface area contributed by atoms with E-state index < -0.39 is 0 Å². The summed E-state index contributed by atoms with van der Waals surface area (Å²) in [6.07, 6.45) is 3.28. The minimum absolute atomic E-state index is 0.0592. The van der Waals surface area contributed by atoms with Gasteiger partial charge in [-0.05, 0) is 18.6 Å². The molecule has 1 amide bonds. The largest absolute Gasteiger partial charge is 0.469 e. The number of nitrogens with two attached hydrogens (primary N) is 1. The molecule has 88 valence electrons. The standard InChI is InChI=1S/C11H16N2O2S/c1-2-9(11(12)16)13-10(14)6-5-8-4-3-7-15-8/h3-4,7,9H,2,5-6H2,1H3,(H2,12,16)(H,13,14). The molecular formula is C11H16N2O2S. The molecule has 0 aliphatic rings. The number of hydrogen-bond acceptors (Lipinski definition) is 3. The highest BCUT2D eigenvalue weighted by Crippen LogP contribution is 2.03. The van der Waals surface area contributed by atoms with Gasteiger partial charge in [-0.15, -0.1) is 0 Å². The number of hydrogen-bond donors (Lipinski definition) is 2. The van der Waals surface area contributed by atoms with Gasteiger partial charge in [0, 0.05) is 12.8 Å². The molecular weight excluding hydrogens is 224 g/mol. The zero-order chi connectivity index (χ0) is 12.0. The molecule has 3 N–H and O–H groups in total. The number of nitrogens with one attached hydrogen (secondary N) is 1. The molecule has 0 aliphatic heterocycles. The third-order valence-corrected chi connectivity index (χ3v) is 2.55. The molecule has 0 bridgehead atoms. The van der Waals surface area contributed by atoms with Crippen LogP contribution < -0.4 is 11.1 Å². The Hall–Kier alpha value is -1.36. The molecule has 1 aromatic rings. The normalized spacial score (nSPS) is 12.1. The van der Waals surface area contributed by atoms with Crippen molar-refractivity contribution in [3.05, 3.63) is 24.2 Å². The highest BCUT2D eigenvalue weighted by atomic mass is 32.1. The summed E-state index contributed by atoms with van der Waals surface area (Å²) < 4.78 is 5.13. The molecule has 0 aromatic carbocycles. The number of rotatable bonds is 6. The maximum absolute atomic E-state index is 11.5. The van der Waals surface area contributed by atoms with E-state index in [0.717, 1.165) is 5.76 Å². The average molecular weight is 240 g/mol. The SMILES string of the molecule is CCC(NC(=O)CCc1ccco1)C(N)=S. The number of carbonyl (C=O) groups excluding carboxylic acids is 1. The quantitative estimate of drug-likeness (QED) is 0.737. The molecule has 0 radical (unpaired) electrons. The van der Waals surface area contributed by atoms with Gasteiger partial charge in [0.15, 0.2) is 0 Å². The van der Waals surface area contributed by atoms with Crippen LogP contribution in [0, 0.1) is 0 Å². The molecule has 1 rings (SSSR count). The van der Waals surface area contributed by atoms with E-state index in [0.29, 0.717) is 24.3 Å². The number of amides is 1. The zero-order valence-corrected chi connectivity index (χ0v) is 10.0. The first-order valence-electron chi connectivity index (χ1n) is 5.24. The molecule has 16 heavy (non-hydrogen) atoms. The van der Waals surface area contributed by atoms with Crippen LogP contribution in [-0.2, 0) is 11.2 Å². The lowest BCUT2D eigenvalue weighted by molar-refractivity contribution is -0.121. The molecule has 1 atom stereocenters. The van der Waals surface area contributed by atoms with Crippen LogP contribution in [-0.4, -0.2) is 16.9 Å². The maximum Gasteiger partial charge on any atom is 0.221 e. The van der Waals surface area contributed by atoms with Crippen molar-refractivity contribution in [1.82, 2.24) is 5.32 Å². The summed E-state index contributed by atoms with van der Waals surface area (Å²) in [5.41, 5.74) is 5.48. The van der Waals surface area contributed by atoms with Gasteiger partial charge in [-0.3, -0.25) is 4.79 Å². The van der Waals surface area contributed by atoms with Gasteiger partial charge in [-0.2, -0.15) is 0 Å². The molecule has 0 fully saturated rings. The highest BCUT2D eigenvalue weighted by Gasteiger charge is 2.12. The second kappa shape index (κ2) is 6.27. The first-order chi connectivity index (χ1) is 7.63. The second-order valence-corrected chi connectivity index (χ2v) is 3.98. The number of aryl methyl sites for hydroxylation is 1. The summed E-state index contributed by atoms with van der Waals surface area (Å²) >= 11 is 4.84. The van der Waals surface area contributed by atoms with Crippen LogP contribution in [0.2, 0.25) is 0 Å². The number of carbonyl (C=O) groups is 1. The van der Waals surface area contributed by atoms with Crippen LogP contribution in [0.1, 0.15) is 25.5 Å². The first kappa shape index (κ1) is 12.7. The van der Waals surface area contributed by atoms with Crippen molar-refractivity contribution in [2.24, 2.45) is 5.73 Å². The fourth-order valence-electron chi connectivity index (χ4n) is 1.33. The van der Waals surface area contributed by atoms with Gasteiger partial charge in [0.05, 0.1) is 17.3 Å². The Morgan fingerprint density at radius 3 is 2.94 bits per heavy atom. The lowest BCUT2D eigenvalue weighted by Crippen LogP contribution is -2.43. The van der Waals surface area contributed by atoms with Crippen molar-refractivity contribution < 1.29 is 9.21 Å². The van der Waals surface area contributed by atoms with Crippen molar-refractivity contribution in [2.75, 3.05) is 0 Å². The lowest BCUT2D eigenvalue weighted by Gasteiger charge is -2.14. The highest BCUT2D eigenvalue weighted by molar-refractivity contribution is 7.80. The predicted octanol–water partition coefficient (Wildman–Crippen LogP) is 1.39. The number of furan rings is 1. The summed E-state index contributed by atoms with van der Waals surface area (Å²) in [5.74, 6) is 0.745. The lowest BCUT2D eigenvalue weighted by atomic mass is 10.2. The molecule has 0 saturated carbocycles. The van der Waals surface area contributed by atoms with E-state index in [9.17, 15) is 4.79 Å². The predicted molar refractivity (Wildman–Crippen MR) is 66.0 cm³/mol. The molecule has 4 nitrogen and oxygen atoms in total. The van der Waals surface area contributed by atoms with E-state index in [1.165, 1.54) is 0 Å². The van der Waals surface area contributed by atoms with Crippen LogP contribution >= 0.6 is 12.2 Å². The van der Waals surface area contributed by atoms with Crippen molar-refractivity contribution in [1.29, 1.82) is 0 Å². The Kier molecular flexibility index (Phi) is 4.98. The van der Waals surface area contributed by atoms with E-state index >= 15 is 0 Å². The minimum Gasteiger partial charge on any atom is -0.469 e. The number of thiocarbonyl (C=S) groups is 1. The topological polar surface area (TPSA) is 68.3 Å². The fourth-order valence-corrected chi connectivity index (χ4v) is 1.56. The molecule has 0 aliphatic carbocycles. The van der Waals surface area contributed by atoms with E-state index in [1.807, 2.05) is 13.0 Å². The van der Waals surface area contributed by atoms with Crippen molar-refractivity contribution in [3.63, 3.8) is 0 Å². The summed E-state index contributed by atoms with van der Waals surface area (Å²) in [5, 5.41) is 2.78.